The second-order valence-corrected chi connectivity index (χ2v) is 10.7. The number of fused-ring (bicyclic) bond motifs is 1. The van der Waals surface area contributed by atoms with E-state index in [4.69, 9.17) is 20.4 Å². The molecule has 5 rings (SSSR count). The number of anilines is 2. The summed E-state index contributed by atoms with van der Waals surface area (Å²) < 4.78 is 6.59. The first kappa shape index (κ1) is 25.9. The molecule has 1 amide bonds. The number of rotatable bonds is 7. The third-order valence-corrected chi connectivity index (χ3v) is 7.70. The lowest BCUT2D eigenvalue weighted by Gasteiger charge is -2.28. The standard InChI is InChI=1S/C27H31N7O3S/c1-17(2)13-20(35)3-4-23(36)33-7-5-18(6-8-33)22-14-21-24(38-22)26(34-9-11-37-12-10-34)32-25(31-21)19-15-29-27(28)30-16-19/h5,13-16H,3-4,6-12H2,1-2H3,(H2,28,29,30). The van der Waals surface area contributed by atoms with E-state index in [1.807, 2.05) is 18.7 Å². The number of nitrogens with two attached hydrogens (primary N) is 1. The Labute approximate surface area is 225 Å². The second-order valence-electron chi connectivity index (χ2n) is 9.63. The maximum absolute atomic E-state index is 12.7. The van der Waals surface area contributed by atoms with E-state index in [0.29, 0.717) is 37.7 Å². The molecule has 3 aromatic heterocycles. The summed E-state index contributed by atoms with van der Waals surface area (Å²) in [7, 11) is 0. The van der Waals surface area contributed by atoms with E-state index in [-0.39, 0.29) is 30.5 Å². The zero-order chi connectivity index (χ0) is 26.6. The largest absolute Gasteiger partial charge is 0.378 e. The van der Waals surface area contributed by atoms with Crippen LogP contribution in [0.3, 0.4) is 0 Å². The van der Waals surface area contributed by atoms with Crippen molar-refractivity contribution in [1.29, 1.82) is 0 Å². The van der Waals surface area contributed by atoms with Crippen LogP contribution in [0.2, 0.25) is 0 Å². The number of hydrogen-bond donors (Lipinski definition) is 1. The van der Waals surface area contributed by atoms with Gasteiger partial charge >= 0.3 is 0 Å². The number of carbonyl (C=O) groups is 2. The van der Waals surface area contributed by atoms with Crippen LogP contribution in [0.4, 0.5) is 11.8 Å². The van der Waals surface area contributed by atoms with Crippen LogP contribution >= 0.6 is 11.3 Å². The van der Waals surface area contributed by atoms with Crippen LogP contribution in [-0.2, 0) is 14.3 Å². The number of hydrogen-bond acceptors (Lipinski definition) is 10. The second kappa shape index (κ2) is 11.4. The quantitative estimate of drug-likeness (QED) is 0.454. The first-order valence-corrected chi connectivity index (χ1v) is 13.6. The van der Waals surface area contributed by atoms with E-state index in [9.17, 15) is 9.59 Å². The topological polar surface area (TPSA) is 127 Å². The molecular weight excluding hydrogens is 502 g/mol. The van der Waals surface area contributed by atoms with Crippen molar-refractivity contribution in [1.82, 2.24) is 24.8 Å². The predicted molar refractivity (Wildman–Crippen MR) is 149 cm³/mol. The van der Waals surface area contributed by atoms with Crippen LogP contribution in [0, 0.1) is 0 Å². The summed E-state index contributed by atoms with van der Waals surface area (Å²) in [6.07, 6.45) is 8.23. The summed E-state index contributed by atoms with van der Waals surface area (Å²) in [4.78, 5) is 47.8. The molecule has 1 fully saturated rings. The Morgan fingerprint density at radius 3 is 2.55 bits per heavy atom. The van der Waals surface area contributed by atoms with E-state index < -0.39 is 0 Å². The third-order valence-electron chi connectivity index (χ3n) is 6.51. The van der Waals surface area contributed by atoms with Crippen molar-refractivity contribution < 1.29 is 14.3 Å². The zero-order valence-electron chi connectivity index (χ0n) is 21.6. The fraction of sp³-hybridized carbons (Fsp3) is 0.407. The number of aromatic nitrogens is 4. The number of carbonyl (C=O) groups excluding carboxylic acids is 2. The van der Waals surface area contributed by atoms with Crippen LogP contribution in [-0.4, -0.2) is 75.9 Å². The van der Waals surface area contributed by atoms with Gasteiger partial charge in [-0.25, -0.2) is 19.9 Å². The van der Waals surface area contributed by atoms with Gasteiger partial charge in [-0.1, -0.05) is 11.6 Å². The van der Waals surface area contributed by atoms with Crippen molar-refractivity contribution in [2.45, 2.75) is 33.1 Å². The van der Waals surface area contributed by atoms with E-state index in [2.05, 4.69) is 27.0 Å². The molecule has 0 saturated carbocycles. The van der Waals surface area contributed by atoms with Crippen LogP contribution in [0.1, 0.15) is 38.0 Å². The third kappa shape index (κ3) is 5.89. The lowest BCUT2D eigenvalue weighted by Crippen LogP contribution is -2.36. The molecule has 0 spiro atoms. The Balaban J connectivity index is 1.38. The van der Waals surface area contributed by atoms with Gasteiger partial charge in [-0.2, -0.15) is 0 Å². The van der Waals surface area contributed by atoms with Crippen LogP contribution < -0.4 is 10.6 Å². The Bertz CT molecular complexity index is 1400. The fourth-order valence-corrected chi connectivity index (χ4v) is 5.73. The number of amides is 1. The molecule has 0 aliphatic carbocycles. The Hall–Kier alpha value is -3.70. The fourth-order valence-electron chi connectivity index (χ4n) is 4.55. The average molecular weight is 534 g/mol. The number of allylic oxidation sites excluding steroid dienone is 2. The molecule has 2 aliphatic rings. The minimum atomic E-state index is -0.000972. The summed E-state index contributed by atoms with van der Waals surface area (Å²) in [6, 6.07) is 2.11. The maximum atomic E-state index is 12.7. The molecule has 5 heterocycles. The van der Waals surface area contributed by atoms with Gasteiger partial charge in [0.1, 0.15) is 0 Å². The molecule has 38 heavy (non-hydrogen) atoms. The summed E-state index contributed by atoms with van der Waals surface area (Å²) in [5.74, 6) is 1.66. The minimum Gasteiger partial charge on any atom is -0.378 e. The van der Waals surface area contributed by atoms with E-state index >= 15 is 0 Å². The SMILES string of the molecule is CC(C)=CC(=O)CCC(=O)N1CC=C(c2cc3nc(-c4cnc(N)nc4)nc(N4CCOCC4)c3s2)CC1. The smallest absolute Gasteiger partial charge is 0.223 e. The molecule has 0 unspecified atom stereocenters. The van der Waals surface area contributed by atoms with Gasteiger partial charge in [0.2, 0.25) is 11.9 Å². The molecule has 3 aromatic rings. The van der Waals surface area contributed by atoms with E-state index in [0.717, 1.165) is 46.0 Å². The Kier molecular flexibility index (Phi) is 7.75. The molecule has 11 heteroatoms. The lowest BCUT2D eigenvalue weighted by atomic mass is 10.1. The molecule has 2 aliphatic heterocycles. The van der Waals surface area contributed by atoms with Crippen molar-refractivity contribution >= 4 is 50.6 Å². The van der Waals surface area contributed by atoms with Crippen molar-refractivity contribution in [3.8, 4) is 11.4 Å². The predicted octanol–water partition coefficient (Wildman–Crippen LogP) is 3.50. The van der Waals surface area contributed by atoms with Crippen LogP contribution in [0.25, 0.3) is 27.2 Å². The van der Waals surface area contributed by atoms with Gasteiger partial charge in [0.25, 0.3) is 0 Å². The first-order chi connectivity index (χ1) is 18.4. The lowest BCUT2D eigenvalue weighted by molar-refractivity contribution is -0.132. The monoisotopic (exact) mass is 533 g/mol. The van der Waals surface area contributed by atoms with Crippen molar-refractivity contribution in [3.63, 3.8) is 0 Å². The van der Waals surface area contributed by atoms with Gasteiger partial charge in [0.05, 0.1) is 29.0 Å². The van der Waals surface area contributed by atoms with Gasteiger partial charge < -0.3 is 20.3 Å². The van der Waals surface area contributed by atoms with Gasteiger partial charge in [-0.3, -0.25) is 9.59 Å². The molecule has 0 aromatic carbocycles. The highest BCUT2D eigenvalue weighted by atomic mass is 32.1. The highest BCUT2D eigenvalue weighted by molar-refractivity contribution is 7.20. The van der Waals surface area contributed by atoms with Crippen LogP contribution in [0.5, 0.6) is 0 Å². The molecule has 0 bridgehead atoms. The van der Waals surface area contributed by atoms with Gasteiger partial charge in [-0.05, 0) is 38.0 Å². The molecule has 1 saturated heterocycles. The summed E-state index contributed by atoms with van der Waals surface area (Å²) in [5.41, 5.74) is 9.39. The first-order valence-electron chi connectivity index (χ1n) is 12.7. The highest BCUT2D eigenvalue weighted by Crippen LogP contribution is 2.38. The number of nitrogen functional groups attached to an aromatic ring is 1. The number of ketones is 1. The number of ether oxygens (including phenoxy) is 1. The Morgan fingerprint density at radius 2 is 1.87 bits per heavy atom. The molecule has 2 N–H and O–H groups in total. The van der Waals surface area contributed by atoms with E-state index in [1.165, 1.54) is 5.57 Å². The number of nitrogens with zero attached hydrogens (tertiary/aromatic N) is 6. The molecule has 0 atom stereocenters. The summed E-state index contributed by atoms with van der Waals surface area (Å²) in [6.45, 7) is 7.75. The average Bonchev–Trinajstić information content (AvgIpc) is 3.36. The highest BCUT2D eigenvalue weighted by Gasteiger charge is 2.23. The van der Waals surface area contributed by atoms with Gasteiger partial charge in [0.15, 0.2) is 17.4 Å². The van der Waals surface area contributed by atoms with Gasteiger partial charge in [0, 0.05) is 56.3 Å². The normalized spacial score (nSPS) is 15.9. The molecule has 198 valence electrons. The zero-order valence-corrected chi connectivity index (χ0v) is 22.5. The number of morpholine rings is 1. The van der Waals surface area contributed by atoms with Crippen molar-refractivity contribution in [3.05, 3.63) is 41.1 Å². The minimum absolute atomic E-state index is 0.000972. The molecular formula is C27H31N7O3S. The van der Waals surface area contributed by atoms with Crippen LogP contribution in [0.15, 0.2) is 36.2 Å². The van der Waals surface area contributed by atoms with Crippen molar-refractivity contribution in [2.24, 2.45) is 0 Å². The maximum Gasteiger partial charge on any atom is 0.223 e. The summed E-state index contributed by atoms with van der Waals surface area (Å²) >= 11 is 1.68. The molecule has 10 nitrogen and oxygen atoms in total. The Morgan fingerprint density at radius 1 is 1.11 bits per heavy atom. The summed E-state index contributed by atoms with van der Waals surface area (Å²) in [5, 5.41) is 0. The molecule has 0 radical (unpaired) electrons. The number of thiophene rings is 1. The van der Waals surface area contributed by atoms with Crippen molar-refractivity contribution in [2.75, 3.05) is 50.0 Å². The van der Waals surface area contributed by atoms with E-state index in [1.54, 1.807) is 29.8 Å². The van der Waals surface area contributed by atoms with Gasteiger partial charge in [-0.15, -0.1) is 11.3 Å².